The third-order valence-corrected chi connectivity index (χ3v) is 2.80. The average molecular weight is 233 g/mol. The molecule has 0 saturated heterocycles. The fraction of sp³-hybridized carbons (Fsp3) is 0.533. The highest BCUT2D eigenvalue weighted by atomic mass is 16.6. The molecule has 0 unspecified atom stereocenters. The molecule has 2 heteroatoms. The Bertz CT molecular complexity index is 346. The summed E-state index contributed by atoms with van der Waals surface area (Å²) in [7, 11) is 1.57. The van der Waals surface area contributed by atoms with Crippen molar-refractivity contribution >= 4 is 6.21 Å². The van der Waals surface area contributed by atoms with E-state index in [0.29, 0.717) is 0 Å². The third kappa shape index (κ3) is 5.03. The predicted octanol–water partition coefficient (Wildman–Crippen LogP) is 3.94. The van der Waals surface area contributed by atoms with E-state index >= 15 is 0 Å². The number of unbranched alkanes of at least 4 members (excludes halogenated alkanes) is 1. The molecule has 0 aliphatic heterocycles. The minimum Gasteiger partial charge on any atom is -0.399 e. The van der Waals surface area contributed by atoms with Crippen molar-refractivity contribution in [3.05, 3.63) is 35.4 Å². The van der Waals surface area contributed by atoms with Gasteiger partial charge in [-0.1, -0.05) is 50.2 Å². The van der Waals surface area contributed by atoms with Crippen LogP contribution in [-0.4, -0.2) is 13.3 Å². The molecule has 0 bridgehead atoms. The summed E-state index contributed by atoms with van der Waals surface area (Å²) >= 11 is 0. The molecule has 2 nitrogen and oxygen atoms in total. The molecule has 1 rings (SSSR count). The van der Waals surface area contributed by atoms with Crippen molar-refractivity contribution in [1.29, 1.82) is 0 Å². The molecule has 0 aromatic heterocycles. The number of rotatable bonds is 5. The maximum absolute atomic E-state index is 4.62. The van der Waals surface area contributed by atoms with Gasteiger partial charge in [-0.05, 0) is 35.8 Å². The monoisotopic (exact) mass is 233 g/mol. The molecule has 0 fully saturated rings. The van der Waals surface area contributed by atoms with Crippen LogP contribution >= 0.6 is 0 Å². The van der Waals surface area contributed by atoms with Gasteiger partial charge in [-0.15, -0.1) is 0 Å². The second-order valence-electron chi connectivity index (χ2n) is 5.31. The van der Waals surface area contributed by atoms with E-state index in [9.17, 15) is 0 Å². The van der Waals surface area contributed by atoms with Crippen LogP contribution in [0.15, 0.2) is 29.4 Å². The smallest absolute Gasteiger partial charge is 0.106 e. The molecule has 1 aromatic carbocycles. The van der Waals surface area contributed by atoms with Crippen LogP contribution in [0.5, 0.6) is 0 Å². The van der Waals surface area contributed by atoms with E-state index in [1.165, 1.54) is 11.1 Å². The molecule has 0 spiro atoms. The summed E-state index contributed by atoms with van der Waals surface area (Å²) in [5.41, 5.74) is 3.02. The van der Waals surface area contributed by atoms with Gasteiger partial charge in [-0.3, -0.25) is 0 Å². The van der Waals surface area contributed by atoms with Crippen molar-refractivity contribution in [1.82, 2.24) is 0 Å². The van der Waals surface area contributed by atoms with Crippen LogP contribution in [0.25, 0.3) is 0 Å². The Balaban J connectivity index is 2.43. The van der Waals surface area contributed by atoms with Crippen molar-refractivity contribution in [2.45, 2.75) is 45.4 Å². The number of oxime groups is 1. The zero-order chi connectivity index (χ0) is 12.7. The Morgan fingerprint density at radius 1 is 1.18 bits per heavy atom. The molecule has 17 heavy (non-hydrogen) atoms. The van der Waals surface area contributed by atoms with Crippen molar-refractivity contribution in [3.63, 3.8) is 0 Å². The minimum absolute atomic E-state index is 0.240. The highest BCUT2D eigenvalue weighted by molar-refractivity contribution is 5.56. The zero-order valence-corrected chi connectivity index (χ0v) is 11.4. The van der Waals surface area contributed by atoms with Crippen LogP contribution in [0, 0.1) is 0 Å². The van der Waals surface area contributed by atoms with Crippen LogP contribution in [-0.2, 0) is 16.7 Å². The zero-order valence-electron chi connectivity index (χ0n) is 11.4. The van der Waals surface area contributed by atoms with E-state index in [1.807, 2.05) is 6.21 Å². The van der Waals surface area contributed by atoms with Gasteiger partial charge in [-0.2, -0.15) is 0 Å². The molecular weight excluding hydrogens is 210 g/mol. The topological polar surface area (TPSA) is 21.6 Å². The van der Waals surface area contributed by atoms with Crippen LogP contribution in [0.4, 0.5) is 0 Å². The summed E-state index contributed by atoms with van der Waals surface area (Å²) < 4.78 is 0. The van der Waals surface area contributed by atoms with E-state index in [4.69, 9.17) is 0 Å². The SMILES string of the molecule is CON=CCCCc1ccc(C(C)(C)C)cc1. The Morgan fingerprint density at radius 2 is 1.82 bits per heavy atom. The van der Waals surface area contributed by atoms with Crippen LogP contribution in [0.2, 0.25) is 0 Å². The first-order chi connectivity index (χ1) is 8.04. The van der Waals surface area contributed by atoms with Gasteiger partial charge in [0.2, 0.25) is 0 Å². The lowest BCUT2D eigenvalue weighted by molar-refractivity contribution is 0.214. The molecule has 0 aliphatic carbocycles. The summed E-state index contributed by atoms with van der Waals surface area (Å²) in [6, 6.07) is 8.93. The molecule has 0 saturated carbocycles. The first-order valence-corrected chi connectivity index (χ1v) is 6.18. The highest BCUT2D eigenvalue weighted by Crippen LogP contribution is 2.22. The fourth-order valence-corrected chi connectivity index (χ4v) is 1.70. The summed E-state index contributed by atoms with van der Waals surface area (Å²) in [6.07, 6.45) is 5.00. The predicted molar refractivity (Wildman–Crippen MR) is 73.6 cm³/mol. The van der Waals surface area contributed by atoms with Crippen molar-refractivity contribution < 1.29 is 4.84 Å². The molecule has 0 atom stereocenters. The molecular formula is C15H23NO. The first-order valence-electron chi connectivity index (χ1n) is 6.18. The van der Waals surface area contributed by atoms with Gasteiger partial charge in [0.05, 0.1) is 0 Å². The van der Waals surface area contributed by atoms with Crippen molar-refractivity contribution in [2.24, 2.45) is 5.16 Å². The van der Waals surface area contributed by atoms with Gasteiger partial charge in [0.25, 0.3) is 0 Å². The molecule has 0 radical (unpaired) electrons. The molecule has 1 aromatic rings. The summed E-state index contributed by atoms with van der Waals surface area (Å²) in [6.45, 7) is 6.72. The van der Waals surface area contributed by atoms with E-state index in [2.05, 4.69) is 55.0 Å². The summed E-state index contributed by atoms with van der Waals surface area (Å²) in [5.74, 6) is 0. The lowest BCUT2D eigenvalue weighted by Gasteiger charge is -2.19. The molecule has 0 heterocycles. The molecule has 0 N–H and O–H groups in total. The Labute approximate surface area is 105 Å². The number of hydrogen-bond acceptors (Lipinski definition) is 2. The minimum atomic E-state index is 0.240. The Morgan fingerprint density at radius 3 is 2.35 bits per heavy atom. The molecule has 0 aliphatic rings. The standard InChI is InChI=1S/C15H23NO/c1-15(2,3)14-10-8-13(9-11-14)7-5-6-12-16-17-4/h8-12H,5-7H2,1-4H3. The van der Waals surface area contributed by atoms with E-state index < -0.39 is 0 Å². The van der Waals surface area contributed by atoms with Gasteiger partial charge in [0.15, 0.2) is 0 Å². The maximum Gasteiger partial charge on any atom is 0.106 e. The molecule has 0 amide bonds. The average Bonchev–Trinajstić information content (AvgIpc) is 2.28. The van der Waals surface area contributed by atoms with Gasteiger partial charge < -0.3 is 4.84 Å². The molecule has 94 valence electrons. The number of nitrogens with zero attached hydrogens (tertiary/aromatic N) is 1. The van der Waals surface area contributed by atoms with Crippen molar-refractivity contribution in [2.75, 3.05) is 7.11 Å². The van der Waals surface area contributed by atoms with Gasteiger partial charge >= 0.3 is 0 Å². The van der Waals surface area contributed by atoms with Gasteiger partial charge in [0, 0.05) is 6.21 Å². The normalized spacial score (nSPS) is 12.0. The largest absolute Gasteiger partial charge is 0.399 e. The van der Waals surface area contributed by atoms with Crippen LogP contribution in [0.1, 0.15) is 44.7 Å². The lowest BCUT2D eigenvalue weighted by Crippen LogP contribution is -2.10. The van der Waals surface area contributed by atoms with E-state index in [-0.39, 0.29) is 5.41 Å². The maximum atomic E-state index is 4.62. The summed E-state index contributed by atoms with van der Waals surface area (Å²) in [5, 5.41) is 3.72. The number of benzene rings is 1. The Hall–Kier alpha value is -1.31. The third-order valence-electron chi connectivity index (χ3n) is 2.80. The number of hydrogen-bond donors (Lipinski definition) is 0. The van der Waals surface area contributed by atoms with Gasteiger partial charge in [0.1, 0.15) is 7.11 Å². The van der Waals surface area contributed by atoms with Crippen molar-refractivity contribution in [3.8, 4) is 0 Å². The first kappa shape index (κ1) is 13.8. The lowest BCUT2D eigenvalue weighted by atomic mass is 9.86. The highest BCUT2D eigenvalue weighted by Gasteiger charge is 2.12. The summed E-state index contributed by atoms with van der Waals surface area (Å²) in [4.78, 5) is 4.62. The van der Waals surface area contributed by atoms with E-state index in [1.54, 1.807) is 7.11 Å². The quantitative estimate of drug-likeness (QED) is 0.429. The van der Waals surface area contributed by atoms with Crippen LogP contribution < -0.4 is 0 Å². The van der Waals surface area contributed by atoms with E-state index in [0.717, 1.165) is 19.3 Å². The fourth-order valence-electron chi connectivity index (χ4n) is 1.70. The number of aryl methyl sites for hydroxylation is 1. The Kier molecular flexibility index (Phi) is 5.20. The van der Waals surface area contributed by atoms with Crippen LogP contribution in [0.3, 0.4) is 0 Å². The van der Waals surface area contributed by atoms with Gasteiger partial charge in [-0.25, -0.2) is 0 Å². The second-order valence-corrected chi connectivity index (χ2v) is 5.31. The second kappa shape index (κ2) is 6.43.